The summed E-state index contributed by atoms with van der Waals surface area (Å²) < 4.78 is 5.81. The molecule has 0 saturated heterocycles. The maximum absolute atomic E-state index is 5.81. The van der Waals surface area contributed by atoms with Crippen molar-refractivity contribution < 1.29 is 4.74 Å². The van der Waals surface area contributed by atoms with Crippen LogP contribution in [-0.2, 0) is 0 Å². The van der Waals surface area contributed by atoms with Crippen LogP contribution in [0.15, 0.2) is 24.3 Å². The van der Waals surface area contributed by atoms with Gasteiger partial charge in [0.2, 0.25) is 0 Å². The Balaban J connectivity index is 2.12. The van der Waals surface area contributed by atoms with E-state index in [1.54, 1.807) is 0 Å². The molecule has 2 rings (SSSR count). The van der Waals surface area contributed by atoms with Crippen LogP contribution in [0.2, 0.25) is 0 Å². The first-order chi connectivity index (χ1) is 9.80. The highest BCUT2D eigenvalue weighted by Crippen LogP contribution is 2.40. The summed E-state index contributed by atoms with van der Waals surface area (Å²) in [5.74, 6) is 2.74. The molecule has 112 valence electrons. The molecule has 1 fully saturated rings. The van der Waals surface area contributed by atoms with Crippen LogP contribution in [0.25, 0.3) is 0 Å². The third-order valence-corrected chi connectivity index (χ3v) is 4.81. The molecular weight excluding hydrogens is 246 g/mol. The van der Waals surface area contributed by atoms with Crippen molar-refractivity contribution in [2.24, 2.45) is 11.8 Å². The van der Waals surface area contributed by atoms with E-state index in [-0.39, 0.29) is 0 Å². The Hall–Kier alpha value is -1.02. The third kappa shape index (κ3) is 3.54. The second-order valence-corrected chi connectivity index (χ2v) is 5.93. The molecule has 1 aliphatic carbocycles. The van der Waals surface area contributed by atoms with Gasteiger partial charge in [-0.3, -0.25) is 0 Å². The highest BCUT2D eigenvalue weighted by atomic mass is 16.5. The van der Waals surface area contributed by atoms with Gasteiger partial charge in [0.1, 0.15) is 5.75 Å². The van der Waals surface area contributed by atoms with Crippen LogP contribution in [0.1, 0.15) is 57.6 Å². The van der Waals surface area contributed by atoms with Crippen molar-refractivity contribution in [2.75, 3.05) is 13.7 Å². The molecule has 0 aromatic heterocycles. The fraction of sp³-hybridized carbons (Fsp3) is 0.667. The summed E-state index contributed by atoms with van der Waals surface area (Å²) in [7, 11) is 2.08. The number of hydrogen-bond donors (Lipinski definition) is 1. The zero-order chi connectivity index (χ0) is 14.4. The van der Waals surface area contributed by atoms with Gasteiger partial charge in [-0.25, -0.2) is 0 Å². The summed E-state index contributed by atoms with van der Waals surface area (Å²) in [6.07, 6.45) is 6.79. The summed E-state index contributed by atoms with van der Waals surface area (Å²) in [5, 5.41) is 3.54. The summed E-state index contributed by atoms with van der Waals surface area (Å²) in [6, 6.07) is 8.93. The van der Waals surface area contributed by atoms with E-state index in [1.165, 1.54) is 37.7 Å². The minimum atomic E-state index is 0.426. The van der Waals surface area contributed by atoms with Crippen molar-refractivity contribution in [3.05, 3.63) is 29.8 Å². The van der Waals surface area contributed by atoms with Gasteiger partial charge in [-0.05, 0) is 44.7 Å². The van der Waals surface area contributed by atoms with E-state index in [1.807, 2.05) is 0 Å². The van der Waals surface area contributed by atoms with Gasteiger partial charge in [-0.1, -0.05) is 44.4 Å². The molecule has 0 amide bonds. The second-order valence-electron chi connectivity index (χ2n) is 5.93. The van der Waals surface area contributed by atoms with Crippen LogP contribution in [0, 0.1) is 11.8 Å². The highest BCUT2D eigenvalue weighted by molar-refractivity contribution is 5.36. The number of nitrogens with one attached hydrogen (secondary N) is 1. The van der Waals surface area contributed by atoms with E-state index in [4.69, 9.17) is 4.74 Å². The van der Waals surface area contributed by atoms with Crippen LogP contribution < -0.4 is 10.1 Å². The molecule has 1 unspecified atom stereocenters. The molecule has 2 heteroatoms. The molecule has 1 N–H and O–H groups in total. The Morgan fingerprint density at radius 2 is 1.85 bits per heavy atom. The lowest BCUT2D eigenvalue weighted by Gasteiger charge is -2.34. The summed E-state index contributed by atoms with van der Waals surface area (Å²) >= 11 is 0. The maximum atomic E-state index is 5.81. The average molecular weight is 275 g/mol. The fourth-order valence-corrected chi connectivity index (χ4v) is 3.60. The standard InChI is InChI=1S/C18H29NO/c1-4-14-10-12-15(13-11-14)18(19-3)16-8-6-7-9-17(16)20-5-2/h6-9,14-15,18-19H,4-5,10-13H2,1-3H3. The lowest BCUT2D eigenvalue weighted by molar-refractivity contribution is 0.220. The van der Waals surface area contributed by atoms with E-state index in [0.29, 0.717) is 6.04 Å². The number of ether oxygens (including phenoxy) is 1. The van der Waals surface area contributed by atoms with Crippen LogP contribution in [0.5, 0.6) is 5.75 Å². The molecule has 1 saturated carbocycles. The molecule has 20 heavy (non-hydrogen) atoms. The first-order valence-corrected chi connectivity index (χ1v) is 8.19. The Labute approximate surface area is 123 Å². The fourth-order valence-electron chi connectivity index (χ4n) is 3.60. The number of para-hydroxylation sites is 1. The van der Waals surface area contributed by atoms with Gasteiger partial charge < -0.3 is 10.1 Å². The SMILES string of the molecule is CCOc1ccccc1C(NC)C1CCC(CC)CC1. The molecule has 0 radical (unpaired) electrons. The summed E-state index contributed by atoms with van der Waals surface area (Å²) in [4.78, 5) is 0. The van der Waals surface area contributed by atoms with Crippen LogP contribution in [0.4, 0.5) is 0 Å². The molecule has 1 aromatic rings. The van der Waals surface area contributed by atoms with E-state index in [2.05, 4.69) is 50.5 Å². The number of hydrogen-bond acceptors (Lipinski definition) is 2. The van der Waals surface area contributed by atoms with Gasteiger partial charge in [0, 0.05) is 11.6 Å². The van der Waals surface area contributed by atoms with Crippen LogP contribution >= 0.6 is 0 Å². The van der Waals surface area contributed by atoms with Gasteiger partial charge in [0.25, 0.3) is 0 Å². The monoisotopic (exact) mass is 275 g/mol. The van der Waals surface area contributed by atoms with Gasteiger partial charge in [-0.15, -0.1) is 0 Å². The van der Waals surface area contributed by atoms with E-state index < -0.39 is 0 Å². The Morgan fingerprint density at radius 3 is 2.45 bits per heavy atom. The predicted octanol–water partition coefficient (Wildman–Crippen LogP) is 4.56. The first-order valence-electron chi connectivity index (χ1n) is 8.19. The van der Waals surface area contributed by atoms with Crippen molar-refractivity contribution in [1.82, 2.24) is 5.32 Å². The lowest BCUT2D eigenvalue weighted by Crippen LogP contribution is -2.29. The second kappa shape index (κ2) is 7.68. The highest BCUT2D eigenvalue weighted by Gasteiger charge is 2.28. The van der Waals surface area contributed by atoms with E-state index >= 15 is 0 Å². The largest absolute Gasteiger partial charge is 0.494 e. The molecule has 1 aliphatic rings. The van der Waals surface area contributed by atoms with E-state index in [0.717, 1.165) is 24.2 Å². The van der Waals surface area contributed by atoms with Crippen molar-refractivity contribution in [3.8, 4) is 5.75 Å². The first kappa shape index (κ1) is 15.4. The van der Waals surface area contributed by atoms with Gasteiger partial charge >= 0.3 is 0 Å². The molecule has 0 bridgehead atoms. The summed E-state index contributed by atoms with van der Waals surface area (Å²) in [5.41, 5.74) is 1.33. The van der Waals surface area contributed by atoms with Crippen molar-refractivity contribution in [3.63, 3.8) is 0 Å². The maximum Gasteiger partial charge on any atom is 0.124 e. The predicted molar refractivity (Wildman–Crippen MR) is 85.2 cm³/mol. The molecule has 0 spiro atoms. The van der Waals surface area contributed by atoms with Gasteiger partial charge in [0.05, 0.1) is 6.61 Å². The zero-order valence-electron chi connectivity index (χ0n) is 13.2. The molecular formula is C18H29NO. The molecule has 1 aromatic carbocycles. The van der Waals surface area contributed by atoms with Crippen molar-refractivity contribution in [2.45, 2.75) is 52.0 Å². The van der Waals surface area contributed by atoms with E-state index in [9.17, 15) is 0 Å². The third-order valence-electron chi connectivity index (χ3n) is 4.81. The number of benzene rings is 1. The quantitative estimate of drug-likeness (QED) is 0.821. The zero-order valence-corrected chi connectivity index (χ0v) is 13.2. The minimum absolute atomic E-state index is 0.426. The van der Waals surface area contributed by atoms with Crippen molar-refractivity contribution >= 4 is 0 Å². The molecule has 0 heterocycles. The lowest BCUT2D eigenvalue weighted by atomic mass is 9.76. The molecule has 0 aliphatic heterocycles. The topological polar surface area (TPSA) is 21.3 Å². The number of rotatable bonds is 6. The molecule has 2 nitrogen and oxygen atoms in total. The summed E-state index contributed by atoms with van der Waals surface area (Å²) in [6.45, 7) is 5.11. The normalized spacial score (nSPS) is 24.4. The molecule has 1 atom stereocenters. The van der Waals surface area contributed by atoms with Crippen molar-refractivity contribution in [1.29, 1.82) is 0 Å². The van der Waals surface area contributed by atoms with Crippen LogP contribution in [-0.4, -0.2) is 13.7 Å². The average Bonchev–Trinajstić information content (AvgIpc) is 2.51. The van der Waals surface area contributed by atoms with Crippen LogP contribution in [0.3, 0.4) is 0 Å². The Morgan fingerprint density at radius 1 is 1.15 bits per heavy atom. The Kier molecular flexibility index (Phi) is 5.90. The minimum Gasteiger partial charge on any atom is -0.494 e. The smallest absolute Gasteiger partial charge is 0.124 e. The van der Waals surface area contributed by atoms with Gasteiger partial charge in [-0.2, -0.15) is 0 Å². The van der Waals surface area contributed by atoms with Gasteiger partial charge in [0.15, 0.2) is 0 Å². The Bertz CT molecular complexity index is 396.